The second-order valence-electron chi connectivity index (χ2n) is 4.27. The Hall–Kier alpha value is -2.15. The van der Waals surface area contributed by atoms with Gasteiger partial charge >= 0.3 is 6.03 Å². The lowest BCUT2D eigenvalue weighted by atomic mass is 10.1. The van der Waals surface area contributed by atoms with Gasteiger partial charge in [-0.3, -0.25) is 5.10 Å². The number of hydrogen-bond acceptors (Lipinski definition) is 3. The van der Waals surface area contributed by atoms with Crippen LogP contribution in [0.25, 0.3) is 0 Å². The first-order chi connectivity index (χ1) is 9.56. The third-order valence-corrected chi connectivity index (χ3v) is 3.24. The van der Waals surface area contributed by atoms with Crippen LogP contribution < -0.4 is 10.7 Å². The Morgan fingerprint density at radius 1 is 1.45 bits per heavy atom. The lowest BCUT2D eigenvalue weighted by Gasteiger charge is -2.08. The average molecular weight is 336 g/mol. The third-order valence-electron chi connectivity index (χ3n) is 2.61. The standard InChI is InChI=1S/C13H14BrN5O/c1-8-3-4-11(9(2)5-8)17-13(20)19-16-7-12-10(14)6-15-18-12/h3-7H,1-2H3,(H,15,18)(H2,17,19,20)/b16-7+. The molecule has 0 saturated carbocycles. The fraction of sp³-hybridized carbons (Fsp3) is 0.154. The topological polar surface area (TPSA) is 82.2 Å². The summed E-state index contributed by atoms with van der Waals surface area (Å²) >= 11 is 3.29. The zero-order valence-electron chi connectivity index (χ0n) is 11.1. The van der Waals surface area contributed by atoms with Crippen LogP contribution in [0, 0.1) is 13.8 Å². The molecule has 0 spiro atoms. The molecular weight excluding hydrogens is 322 g/mol. The number of nitrogens with zero attached hydrogens (tertiary/aromatic N) is 2. The molecule has 1 heterocycles. The number of aromatic nitrogens is 2. The fourth-order valence-electron chi connectivity index (χ4n) is 1.63. The van der Waals surface area contributed by atoms with Crippen molar-refractivity contribution < 1.29 is 4.79 Å². The highest BCUT2D eigenvalue weighted by Crippen LogP contribution is 2.15. The largest absolute Gasteiger partial charge is 0.339 e. The average Bonchev–Trinajstić information content (AvgIpc) is 2.79. The third kappa shape index (κ3) is 3.67. The summed E-state index contributed by atoms with van der Waals surface area (Å²) < 4.78 is 0.776. The molecular formula is C13H14BrN5O. The molecule has 0 aliphatic heterocycles. The van der Waals surface area contributed by atoms with Crippen molar-refractivity contribution in [2.45, 2.75) is 13.8 Å². The van der Waals surface area contributed by atoms with Crippen molar-refractivity contribution in [1.82, 2.24) is 15.6 Å². The minimum Gasteiger partial charge on any atom is -0.306 e. The molecule has 0 unspecified atom stereocenters. The molecule has 0 aliphatic carbocycles. The van der Waals surface area contributed by atoms with Gasteiger partial charge in [0.2, 0.25) is 0 Å². The minimum absolute atomic E-state index is 0.399. The molecule has 0 atom stereocenters. The number of nitrogens with one attached hydrogen (secondary N) is 3. The van der Waals surface area contributed by atoms with Crippen LogP contribution in [0.1, 0.15) is 16.8 Å². The Labute approximate surface area is 124 Å². The first-order valence-corrected chi connectivity index (χ1v) is 6.72. The maximum absolute atomic E-state index is 11.7. The van der Waals surface area contributed by atoms with E-state index in [0.717, 1.165) is 21.3 Å². The van der Waals surface area contributed by atoms with Crippen LogP contribution in [-0.2, 0) is 0 Å². The Morgan fingerprint density at radius 2 is 2.25 bits per heavy atom. The molecule has 1 aromatic carbocycles. The lowest BCUT2D eigenvalue weighted by molar-refractivity contribution is 0.252. The van der Waals surface area contributed by atoms with E-state index in [1.54, 1.807) is 6.20 Å². The van der Waals surface area contributed by atoms with Gasteiger partial charge < -0.3 is 5.32 Å². The van der Waals surface area contributed by atoms with Crippen molar-refractivity contribution in [3.8, 4) is 0 Å². The smallest absolute Gasteiger partial charge is 0.306 e. The van der Waals surface area contributed by atoms with Crippen LogP contribution in [0.3, 0.4) is 0 Å². The maximum atomic E-state index is 11.7. The van der Waals surface area contributed by atoms with Gasteiger partial charge in [0.15, 0.2) is 0 Å². The van der Waals surface area contributed by atoms with Crippen LogP contribution >= 0.6 is 15.9 Å². The van der Waals surface area contributed by atoms with E-state index in [1.807, 2.05) is 32.0 Å². The zero-order chi connectivity index (χ0) is 14.5. The number of urea groups is 1. The van der Waals surface area contributed by atoms with Gasteiger partial charge in [0, 0.05) is 5.69 Å². The summed E-state index contributed by atoms with van der Waals surface area (Å²) in [6.07, 6.45) is 3.08. The number of amides is 2. The molecule has 2 rings (SSSR count). The summed E-state index contributed by atoms with van der Waals surface area (Å²) in [5, 5.41) is 13.1. The molecule has 0 fully saturated rings. The van der Waals surface area contributed by atoms with Gasteiger partial charge in [0.1, 0.15) is 0 Å². The van der Waals surface area contributed by atoms with Gasteiger partial charge in [0.25, 0.3) is 0 Å². The zero-order valence-corrected chi connectivity index (χ0v) is 12.7. The highest BCUT2D eigenvalue weighted by Gasteiger charge is 2.03. The van der Waals surface area contributed by atoms with Gasteiger partial charge in [-0.1, -0.05) is 17.7 Å². The summed E-state index contributed by atoms with van der Waals surface area (Å²) in [5.41, 5.74) is 5.97. The van der Waals surface area contributed by atoms with Crippen molar-refractivity contribution in [2.24, 2.45) is 5.10 Å². The van der Waals surface area contributed by atoms with Crippen LogP contribution in [0.2, 0.25) is 0 Å². The molecule has 3 N–H and O–H groups in total. The number of aryl methyl sites for hydroxylation is 2. The predicted octanol–water partition coefficient (Wildman–Crippen LogP) is 2.94. The molecule has 0 bridgehead atoms. The van der Waals surface area contributed by atoms with E-state index in [1.165, 1.54) is 6.21 Å². The second-order valence-corrected chi connectivity index (χ2v) is 5.13. The fourth-order valence-corrected chi connectivity index (χ4v) is 1.92. The van der Waals surface area contributed by atoms with E-state index in [2.05, 4.69) is 42.0 Å². The molecule has 1 aromatic heterocycles. The highest BCUT2D eigenvalue weighted by molar-refractivity contribution is 9.10. The summed E-state index contributed by atoms with van der Waals surface area (Å²) in [4.78, 5) is 11.7. The monoisotopic (exact) mass is 335 g/mol. The number of carbonyl (C=O) groups excluding carboxylic acids is 1. The molecule has 7 heteroatoms. The van der Waals surface area contributed by atoms with Crippen molar-refractivity contribution in [2.75, 3.05) is 5.32 Å². The van der Waals surface area contributed by atoms with Gasteiger partial charge in [-0.15, -0.1) is 0 Å². The number of benzene rings is 1. The number of rotatable bonds is 3. The first kappa shape index (κ1) is 14.3. The molecule has 20 heavy (non-hydrogen) atoms. The molecule has 0 aliphatic rings. The number of hydrogen-bond donors (Lipinski definition) is 3. The quantitative estimate of drug-likeness (QED) is 0.595. The predicted molar refractivity (Wildman–Crippen MR) is 82.0 cm³/mol. The SMILES string of the molecule is Cc1ccc(NC(=O)N/N=C/c2[nH]ncc2Br)c(C)c1. The van der Waals surface area contributed by atoms with Gasteiger partial charge in [0.05, 0.1) is 22.6 Å². The summed E-state index contributed by atoms with van der Waals surface area (Å²) in [6.45, 7) is 3.94. The van der Waals surface area contributed by atoms with E-state index in [4.69, 9.17) is 0 Å². The molecule has 6 nitrogen and oxygen atoms in total. The number of halogens is 1. The molecule has 0 saturated heterocycles. The van der Waals surface area contributed by atoms with E-state index >= 15 is 0 Å². The second kappa shape index (κ2) is 6.33. The molecule has 2 amide bonds. The van der Waals surface area contributed by atoms with Gasteiger partial charge in [-0.25, -0.2) is 10.2 Å². The van der Waals surface area contributed by atoms with E-state index < -0.39 is 6.03 Å². The molecule has 2 aromatic rings. The Balaban J connectivity index is 1.93. The van der Waals surface area contributed by atoms with Crippen molar-refractivity contribution in [3.63, 3.8) is 0 Å². The Bertz CT molecular complexity index is 650. The summed E-state index contributed by atoms with van der Waals surface area (Å²) in [7, 11) is 0. The van der Waals surface area contributed by atoms with Crippen molar-refractivity contribution in [3.05, 3.63) is 45.7 Å². The van der Waals surface area contributed by atoms with Crippen molar-refractivity contribution >= 4 is 33.9 Å². The number of anilines is 1. The summed E-state index contributed by atoms with van der Waals surface area (Å²) in [6, 6.07) is 5.40. The normalized spacial score (nSPS) is 10.8. The van der Waals surface area contributed by atoms with Crippen LogP contribution in [0.5, 0.6) is 0 Å². The number of H-pyrrole nitrogens is 1. The van der Waals surface area contributed by atoms with Crippen LogP contribution in [0.15, 0.2) is 34.0 Å². The van der Waals surface area contributed by atoms with E-state index in [-0.39, 0.29) is 0 Å². The van der Waals surface area contributed by atoms with Gasteiger partial charge in [-0.2, -0.15) is 10.2 Å². The number of aromatic amines is 1. The Morgan fingerprint density at radius 3 is 2.90 bits per heavy atom. The minimum atomic E-state index is -0.399. The van der Waals surface area contributed by atoms with E-state index in [9.17, 15) is 4.79 Å². The molecule has 0 radical (unpaired) electrons. The maximum Gasteiger partial charge on any atom is 0.339 e. The van der Waals surface area contributed by atoms with Crippen molar-refractivity contribution in [1.29, 1.82) is 0 Å². The first-order valence-electron chi connectivity index (χ1n) is 5.92. The van der Waals surface area contributed by atoms with Crippen LogP contribution in [0.4, 0.5) is 10.5 Å². The van der Waals surface area contributed by atoms with Gasteiger partial charge in [-0.05, 0) is 41.4 Å². The number of carbonyl (C=O) groups is 1. The number of hydrazone groups is 1. The molecule has 104 valence electrons. The van der Waals surface area contributed by atoms with Crippen LogP contribution in [-0.4, -0.2) is 22.4 Å². The highest BCUT2D eigenvalue weighted by atomic mass is 79.9. The summed E-state index contributed by atoms with van der Waals surface area (Å²) in [5.74, 6) is 0. The Kier molecular flexibility index (Phi) is 4.52. The lowest BCUT2D eigenvalue weighted by Crippen LogP contribution is -2.24. The van der Waals surface area contributed by atoms with E-state index in [0.29, 0.717) is 5.69 Å².